The van der Waals surface area contributed by atoms with Crippen LogP contribution in [0, 0.1) is 25.2 Å². The molecule has 0 aliphatic heterocycles. The van der Waals surface area contributed by atoms with Crippen molar-refractivity contribution in [2.45, 2.75) is 32.6 Å². The molecule has 94 valence electrons. The number of hydrogen-bond acceptors (Lipinski definition) is 2. The number of benzene rings is 1. The number of allylic oxidation sites excluding steroid dienone is 1. The SMILES string of the molecule is C=CCC1CC(=N)C(c2cc(C)cc(C)c2)C1=O. The van der Waals surface area contributed by atoms with Gasteiger partial charge in [0.2, 0.25) is 0 Å². The summed E-state index contributed by atoms with van der Waals surface area (Å²) in [6.45, 7) is 7.74. The predicted octanol–water partition coefficient (Wildman–Crippen LogP) is 3.57. The molecule has 0 saturated heterocycles. The van der Waals surface area contributed by atoms with Crippen molar-refractivity contribution in [3.63, 3.8) is 0 Å². The van der Waals surface area contributed by atoms with Gasteiger partial charge in [-0.25, -0.2) is 0 Å². The van der Waals surface area contributed by atoms with Crippen LogP contribution in [0.3, 0.4) is 0 Å². The summed E-state index contributed by atoms with van der Waals surface area (Å²) in [6.07, 6.45) is 3.05. The lowest BCUT2D eigenvalue weighted by Crippen LogP contribution is -2.15. The van der Waals surface area contributed by atoms with Crippen molar-refractivity contribution in [1.29, 1.82) is 5.41 Å². The molecule has 0 aromatic heterocycles. The second-order valence-electron chi connectivity index (χ2n) is 5.21. The molecule has 1 aromatic carbocycles. The molecule has 2 heteroatoms. The quantitative estimate of drug-likeness (QED) is 0.807. The highest BCUT2D eigenvalue weighted by Gasteiger charge is 2.38. The summed E-state index contributed by atoms with van der Waals surface area (Å²) in [5.74, 6) is -0.181. The molecule has 1 aliphatic carbocycles. The molecule has 1 saturated carbocycles. The Morgan fingerprint density at radius 2 is 1.94 bits per heavy atom. The summed E-state index contributed by atoms with van der Waals surface area (Å²) in [4.78, 5) is 12.3. The monoisotopic (exact) mass is 241 g/mol. The van der Waals surface area contributed by atoms with Crippen molar-refractivity contribution < 1.29 is 4.79 Å². The Morgan fingerprint density at radius 3 is 2.50 bits per heavy atom. The summed E-state index contributed by atoms with van der Waals surface area (Å²) in [5.41, 5.74) is 3.83. The molecule has 0 radical (unpaired) electrons. The molecule has 18 heavy (non-hydrogen) atoms. The molecule has 2 rings (SSSR count). The van der Waals surface area contributed by atoms with Crippen LogP contribution in [0.25, 0.3) is 0 Å². The average molecular weight is 241 g/mol. The van der Waals surface area contributed by atoms with Gasteiger partial charge < -0.3 is 5.41 Å². The Hall–Kier alpha value is -1.70. The van der Waals surface area contributed by atoms with E-state index in [-0.39, 0.29) is 17.6 Å². The zero-order valence-electron chi connectivity index (χ0n) is 11.0. The summed E-state index contributed by atoms with van der Waals surface area (Å²) >= 11 is 0. The normalized spacial score (nSPS) is 23.4. The first kappa shape index (κ1) is 12.7. The van der Waals surface area contributed by atoms with Crippen LogP contribution in [0.15, 0.2) is 30.9 Å². The van der Waals surface area contributed by atoms with Crippen LogP contribution in [0.5, 0.6) is 0 Å². The van der Waals surface area contributed by atoms with E-state index in [1.54, 1.807) is 6.08 Å². The number of Topliss-reactive ketones (excluding diaryl/α,β-unsaturated/α-hetero) is 1. The Morgan fingerprint density at radius 1 is 1.33 bits per heavy atom. The Balaban J connectivity index is 2.35. The van der Waals surface area contributed by atoms with Gasteiger partial charge >= 0.3 is 0 Å². The molecular weight excluding hydrogens is 222 g/mol. The van der Waals surface area contributed by atoms with Crippen LogP contribution in [-0.2, 0) is 4.79 Å². The van der Waals surface area contributed by atoms with Gasteiger partial charge in [0, 0.05) is 11.6 Å². The smallest absolute Gasteiger partial charge is 0.149 e. The van der Waals surface area contributed by atoms with Gasteiger partial charge in [0.1, 0.15) is 5.78 Å². The summed E-state index contributed by atoms with van der Waals surface area (Å²) in [5, 5.41) is 8.07. The fraction of sp³-hybridized carbons (Fsp3) is 0.375. The van der Waals surface area contributed by atoms with E-state index in [9.17, 15) is 4.79 Å². The van der Waals surface area contributed by atoms with Gasteiger partial charge in [0.15, 0.2) is 0 Å². The Bertz CT molecular complexity index is 496. The molecule has 1 fully saturated rings. The minimum atomic E-state index is -0.325. The first-order valence-corrected chi connectivity index (χ1v) is 6.33. The van der Waals surface area contributed by atoms with Crippen molar-refractivity contribution in [3.05, 3.63) is 47.5 Å². The minimum Gasteiger partial charge on any atom is -0.309 e. The number of carbonyl (C=O) groups is 1. The maximum Gasteiger partial charge on any atom is 0.149 e. The average Bonchev–Trinajstić information content (AvgIpc) is 2.53. The van der Waals surface area contributed by atoms with Gasteiger partial charge in [-0.2, -0.15) is 0 Å². The molecule has 2 unspecified atom stereocenters. The van der Waals surface area contributed by atoms with Crippen LogP contribution in [-0.4, -0.2) is 11.5 Å². The van der Waals surface area contributed by atoms with E-state index in [1.165, 1.54) is 0 Å². The zero-order valence-corrected chi connectivity index (χ0v) is 11.0. The first-order chi connectivity index (χ1) is 8.52. The fourth-order valence-electron chi connectivity index (χ4n) is 2.83. The van der Waals surface area contributed by atoms with Gasteiger partial charge in [-0.15, -0.1) is 6.58 Å². The third-order valence-electron chi connectivity index (χ3n) is 3.53. The maximum atomic E-state index is 12.3. The molecule has 0 bridgehead atoms. The van der Waals surface area contributed by atoms with Gasteiger partial charge in [-0.1, -0.05) is 35.4 Å². The second-order valence-corrected chi connectivity index (χ2v) is 5.21. The second kappa shape index (κ2) is 4.89. The van der Waals surface area contributed by atoms with Gasteiger partial charge in [-0.3, -0.25) is 4.79 Å². The van der Waals surface area contributed by atoms with Crippen LogP contribution in [0.2, 0.25) is 0 Å². The van der Waals surface area contributed by atoms with Crippen molar-refractivity contribution in [2.24, 2.45) is 5.92 Å². The molecule has 0 spiro atoms. The van der Waals surface area contributed by atoms with Crippen LogP contribution in [0.4, 0.5) is 0 Å². The molecule has 1 aliphatic rings. The van der Waals surface area contributed by atoms with Crippen LogP contribution < -0.4 is 0 Å². The standard InChI is InChI=1S/C16H19NO/c1-4-5-12-9-14(17)15(16(12)18)13-7-10(2)6-11(3)8-13/h4,6-8,12,15,17H,1,5,9H2,2-3H3. The van der Waals surface area contributed by atoms with E-state index >= 15 is 0 Å². The largest absolute Gasteiger partial charge is 0.309 e. The highest BCUT2D eigenvalue weighted by molar-refractivity contribution is 6.15. The number of rotatable bonds is 3. The van der Waals surface area contributed by atoms with Crippen molar-refractivity contribution >= 4 is 11.5 Å². The topological polar surface area (TPSA) is 40.9 Å². The van der Waals surface area contributed by atoms with E-state index < -0.39 is 0 Å². The van der Waals surface area contributed by atoms with Gasteiger partial charge in [0.25, 0.3) is 0 Å². The number of hydrogen-bond donors (Lipinski definition) is 1. The highest BCUT2D eigenvalue weighted by Crippen LogP contribution is 2.35. The predicted molar refractivity (Wildman–Crippen MR) is 74.3 cm³/mol. The highest BCUT2D eigenvalue weighted by atomic mass is 16.1. The van der Waals surface area contributed by atoms with Crippen molar-refractivity contribution in [2.75, 3.05) is 0 Å². The molecule has 2 nitrogen and oxygen atoms in total. The first-order valence-electron chi connectivity index (χ1n) is 6.33. The zero-order chi connectivity index (χ0) is 13.3. The van der Waals surface area contributed by atoms with Crippen LogP contribution in [0.1, 0.15) is 35.4 Å². The van der Waals surface area contributed by atoms with E-state index in [0.717, 1.165) is 16.7 Å². The Labute approximate surface area is 108 Å². The van der Waals surface area contributed by atoms with Crippen molar-refractivity contribution in [3.8, 4) is 0 Å². The number of ketones is 1. The van der Waals surface area contributed by atoms with Crippen molar-refractivity contribution in [1.82, 2.24) is 0 Å². The third-order valence-corrected chi connectivity index (χ3v) is 3.53. The molecule has 2 atom stereocenters. The number of nitrogens with one attached hydrogen (secondary N) is 1. The molecule has 1 N–H and O–H groups in total. The summed E-state index contributed by atoms with van der Waals surface area (Å²) < 4.78 is 0. The number of carbonyl (C=O) groups excluding carboxylic acids is 1. The van der Waals surface area contributed by atoms with Gasteiger partial charge in [0.05, 0.1) is 5.92 Å². The third kappa shape index (κ3) is 2.28. The van der Waals surface area contributed by atoms with E-state index in [1.807, 2.05) is 26.0 Å². The summed E-state index contributed by atoms with van der Waals surface area (Å²) in [7, 11) is 0. The lowest BCUT2D eigenvalue weighted by molar-refractivity contribution is -0.121. The van der Waals surface area contributed by atoms with E-state index in [0.29, 0.717) is 18.6 Å². The molecule has 0 amide bonds. The summed E-state index contributed by atoms with van der Waals surface area (Å²) in [6, 6.07) is 6.15. The molecular formula is C16H19NO. The maximum absolute atomic E-state index is 12.3. The molecule has 0 heterocycles. The van der Waals surface area contributed by atoms with E-state index in [4.69, 9.17) is 5.41 Å². The van der Waals surface area contributed by atoms with Crippen LogP contribution >= 0.6 is 0 Å². The van der Waals surface area contributed by atoms with E-state index in [2.05, 4.69) is 12.6 Å². The molecule has 1 aromatic rings. The minimum absolute atomic E-state index is 0.0409. The lowest BCUT2D eigenvalue weighted by Gasteiger charge is -2.12. The number of aryl methyl sites for hydroxylation is 2. The lowest BCUT2D eigenvalue weighted by atomic mass is 9.91. The fourth-order valence-corrected chi connectivity index (χ4v) is 2.83. The van der Waals surface area contributed by atoms with Gasteiger partial charge in [-0.05, 0) is 32.3 Å². The Kier molecular flexibility index (Phi) is 3.46.